The largest absolute Gasteiger partial charge is 0.353 e. The van der Waals surface area contributed by atoms with Gasteiger partial charge in [0.25, 0.3) is 5.91 Å². The molecule has 7 nitrogen and oxygen atoms in total. The van der Waals surface area contributed by atoms with Gasteiger partial charge in [0, 0.05) is 51.5 Å². The first kappa shape index (κ1) is 23.2. The predicted octanol–water partition coefficient (Wildman–Crippen LogP) is 2.46. The van der Waals surface area contributed by atoms with Crippen LogP contribution in [0.15, 0.2) is 29.2 Å². The third kappa shape index (κ3) is 5.41. The van der Waals surface area contributed by atoms with Crippen molar-refractivity contribution in [3.05, 3.63) is 29.8 Å². The third-order valence-corrected chi connectivity index (χ3v) is 7.76. The Morgan fingerprint density at radius 2 is 1.77 bits per heavy atom. The molecule has 1 aliphatic carbocycles. The minimum atomic E-state index is -3.27. The van der Waals surface area contributed by atoms with Gasteiger partial charge in [0.2, 0.25) is 0 Å². The first-order valence-electron chi connectivity index (χ1n) is 10.7. The van der Waals surface area contributed by atoms with Crippen LogP contribution in [0.1, 0.15) is 48.9 Å². The van der Waals surface area contributed by atoms with E-state index in [1.54, 1.807) is 26.4 Å². The SMILES string of the molecule is COC1(OC)CCC(CNC(=O)c2ccc(S(C)(=O)=O)cc2)C(N2CCCCC2)C1. The molecule has 1 aliphatic heterocycles. The number of nitrogens with one attached hydrogen (secondary N) is 1. The molecule has 1 saturated carbocycles. The zero-order valence-electron chi connectivity index (χ0n) is 18.2. The van der Waals surface area contributed by atoms with Crippen LogP contribution in [0.5, 0.6) is 0 Å². The lowest BCUT2D eigenvalue weighted by Crippen LogP contribution is -2.55. The summed E-state index contributed by atoms with van der Waals surface area (Å²) in [6, 6.07) is 6.39. The van der Waals surface area contributed by atoms with Gasteiger partial charge in [0.05, 0.1) is 4.90 Å². The van der Waals surface area contributed by atoms with E-state index >= 15 is 0 Å². The van der Waals surface area contributed by atoms with Crippen LogP contribution in [0.3, 0.4) is 0 Å². The first-order valence-corrected chi connectivity index (χ1v) is 12.6. The Morgan fingerprint density at radius 3 is 2.33 bits per heavy atom. The molecule has 1 amide bonds. The molecule has 1 aromatic carbocycles. The van der Waals surface area contributed by atoms with Gasteiger partial charge in [-0.3, -0.25) is 9.69 Å². The second kappa shape index (κ2) is 9.77. The number of hydrogen-bond acceptors (Lipinski definition) is 6. The summed E-state index contributed by atoms with van der Waals surface area (Å²) in [5.74, 6) is -0.409. The summed E-state index contributed by atoms with van der Waals surface area (Å²) in [4.78, 5) is 15.4. The molecule has 2 aliphatic rings. The van der Waals surface area contributed by atoms with Crippen molar-refractivity contribution in [3.63, 3.8) is 0 Å². The summed E-state index contributed by atoms with van der Waals surface area (Å²) in [5.41, 5.74) is 0.468. The fourth-order valence-corrected chi connectivity index (χ4v) is 5.36. The molecular formula is C22H34N2O5S. The number of carbonyl (C=O) groups is 1. The second-order valence-electron chi connectivity index (χ2n) is 8.49. The number of benzene rings is 1. The highest BCUT2D eigenvalue weighted by atomic mass is 32.2. The third-order valence-electron chi connectivity index (χ3n) is 6.63. The number of hydrogen-bond donors (Lipinski definition) is 1. The fraction of sp³-hybridized carbons (Fsp3) is 0.682. The molecule has 1 saturated heterocycles. The molecule has 0 aromatic heterocycles. The van der Waals surface area contributed by atoms with Gasteiger partial charge in [-0.25, -0.2) is 8.42 Å². The smallest absolute Gasteiger partial charge is 0.251 e. The van der Waals surface area contributed by atoms with Crippen molar-refractivity contribution in [1.82, 2.24) is 10.2 Å². The normalized spacial score (nSPS) is 25.0. The number of carbonyl (C=O) groups excluding carboxylic acids is 1. The van der Waals surface area contributed by atoms with E-state index in [-0.39, 0.29) is 10.8 Å². The van der Waals surface area contributed by atoms with E-state index in [1.165, 1.54) is 31.4 Å². The molecule has 1 heterocycles. The average Bonchev–Trinajstić information content (AvgIpc) is 2.77. The van der Waals surface area contributed by atoms with Crippen LogP contribution in [-0.2, 0) is 19.3 Å². The molecule has 8 heteroatoms. The van der Waals surface area contributed by atoms with E-state index < -0.39 is 15.6 Å². The van der Waals surface area contributed by atoms with Gasteiger partial charge in [0.1, 0.15) is 0 Å². The molecule has 1 N–H and O–H groups in total. The number of sulfone groups is 1. The zero-order valence-corrected chi connectivity index (χ0v) is 19.0. The summed E-state index contributed by atoms with van der Waals surface area (Å²) in [6.07, 6.45) is 7.35. The monoisotopic (exact) mass is 438 g/mol. The molecule has 30 heavy (non-hydrogen) atoms. The average molecular weight is 439 g/mol. The lowest BCUT2D eigenvalue weighted by Gasteiger charge is -2.48. The van der Waals surface area contributed by atoms with Gasteiger partial charge in [-0.05, 0) is 62.5 Å². The van der Waals surface area contributed by atoms with E-state index in [2.05, 4.69) is 10.2 Å². The second-order valence-corrected chi connectivity index (χ2v) is 10.5. The van der Waals surface area contributed by atoms with Crippen molar-refractivity contribution in [1.29, 1.82) is 0 Å². The van der Waals surface area contributed by atoms with Crippen molar-refractivity contribution < 1.29 is 22.7 Å². The van der Waals surface area contributed by atoms with Crippen molar-refractivity contribution in [3.8, 4) is 0 Å². The van der Waals surface area contributed by atoms with Crippen LogP contribution >= 0.6 is 0 Å². The van der Waals surface area contributed by atoms with E-state index in [9.17, 15) is 13.2 Å². The lowest BCUT2D eigenvalue weighted by atomic mass is 9.79. The highest BCUT2D eigenvalue weighted by Gasteiger charge is 2.43. The van der Waals surface area contributed by atoms with Gasteiger partial charge in [-0.2, -0.15) is 0 Å². The van der Waals surface area contributed by atoms with Gasteiger partial charge in [-0.1, -0.05) is 6.42 Å². The van der Waals surface area contributed by atoms with Crippen molar-refractivity contribution in [2.24, 2.45) is 5.92 Å². The van der Waals surface area contributed by atoms with Crippen molar-refractivity contribution in [2.45, 2.75) is 55.2 Å². The molecule has 2 unspecified atom stereocenters. The number of methoxy groups -OCH3 is 2. The van der Waals surface area contributed by atoms with Gasteiger partial charge >= 0.3 is 0 Å². The minimum absolute atomic E-state index is 0.178. The molecule has 0 radical (unpaired) electrons. The zero-order chi connectivity index (χ0) is 21.8. The Balaban J connectivity index is 1.66. The van der Waals surface area contributed by atoms with Crippen molar-refractivity contribution >= 4 is 15.7 Å². The van der Waals surface area contributed by atoms with E-state index in [0.29, 0.717) is 24.1 Å². The standard InChI is InChI=1S/C22H34N2O5S/c1-28-22(29-2)12-11-18(20(15-22)24-13-5-4-6-14-24)16-23-21(25)17-7-9-19(10-8-17)30(3,26)27/h7-10,18,20H,4-6,11-16H2,1-3H3,(H,23,25). The molecule has 168 valence electrons. The number of amides is 1. The highest BCUT2D eigenvalue weighted by Crippen LogP contribution is 2.38. The molecule has 2 fully saturated rings. The summed E-state index contributed by atoms with van der Waals surface area (Å²) in [6.45, 7) is 2.73. The van der Waals surface area contributed by atoms with Crippen LogP contribution in [0.25, 0.3) is 0 Å². The number of ether oxygens (including phenoxy) is 2. The Morgan fingerprint density at radius 1 is 1.13 bits per heavy atom. The fourth-order valence-electron chi connectivity index (χ4n) is 4.73. The van der Waals surface area contributed by atoms with Gasteiger partial charge in [-0.15, -0.1) is 0 Å². The van der Waals surface area contributed by atoms with Crippen LogP contribution in [0.4, 0.5) is 0 Å². The number of likely N-dealkylation sites (tertiary alicyclic amines) is 1. The molecule has 1 aromatic rings. The van der Waals surface area contributed by atoms with Crippen molar-refractivity contribution in [2.75, 3.05) is 40.1 Å². The Hall–Kier alpha value is -1.48. The minimum Gasteiger partial charge on any atom is -0.353 e. The van der Waals surface area contributed by atoms with Crippen LogP contribution in [0.2, 0.25) is 0 Å². The Labute approximate surface area is 180 Å². The number of piperidine rings is 1. The molecular weight excluding hydrogens is 404 g/mol. The highest BCUT2D eigenvalue weighted by molar-refractivity contribution is 7.90. The van der Waals surface area contributed by atoms with E-state index in [1.807, 2.05) is 0 Å². The lowest BCUT2D eigenvalue weighted by molar-refractivity contribution is -0.239. The quantitative estimate of drug-likeness (QED) is 0.659. The number of nitrogens with zero attached hydrogens (tertiary/aromatic N) is 1. The van der Waals surface area contributed by atoms with E-state index in [4.69, 9.17) is 9.47 Å². The van der Waals surface area contributed by atoms with Gasteiger partial charge < -0.3 is 14.8 Å². The predicted molar refractivity (Wildman–Crippen MR) is 115 cm³/mol. The first-order chi connectivity index (χ1) is 14.3. The molecule has 3 rings (SSSR count). The molecule has 0 spiro atoms. The topological polar surface area (TPSA) is 84.9 Å². The molecule has 2 atom stereocenters. The Kier molecular flexibility index (Phi) is 7.55. The summed E-state index contributed by atoms with van der Waals surface area (Å²) in [7, 11) is 0.143. The maximum atomic E-state index is 12.6. The maximum absolute atomic E-state index is 12.6. The van der Waals surface area contributed by atoms with Crippen LogP contribution in [-0.4, -0.2) is 71.2 Å². The summed E-state index contributed by atoms with van der Waals surface area (Å²) < 4.78 is 34.7. The maximum Gasteiger partial charge on any atom is 0.251 e. The Bertz CT molecular complexity index is 814. The van der Waals surface area contributed by atoms with Crippen LogP contribution in [0, 0.1) is 5.92 Å². The van der Waals surface area contributed by atoms with Gasteiger partial charge in [0.15, 0.2) is 15.6 Å². The number of rotatable bonds is 7. The summed E-state index contributed by atoms with van der Waals surface area (Å²) in [5, 5.41) is 3.06. The van der Waals surface area contributed by atoms with E-state index in [0.717, 1.165) is 38.6 Å². The molecule has 0 bridgehead atoms. The van der Waals surface area contributed by atoms with Crippen LogP contribution < -0.4 is 5.32 Å². The summed E-state index contributed by atoms with van der Waals surface area (Å²) >= 11 is 0.